The number of hydrogen-bond acceptors (Lipinski definition) is 6. The summed E-state index contributed by atoms with van der Waals surface area (Å²) in [6, 6.07) is 18.6. The van der Waals surface area contributed by atoms with Crippen LogP contribution in [0.1, 0.15) is 117 Å². The molecular formula is C39H52N2O5. The minimum atomic E-state index is -0.980. The molecule has 3 aromatic rings. The molecule has 0 unspecified atom stereocenters. The molecule has 0 amide bonds. The molecule has 0 fully saturated rings. The number of nitrogens with two attached hydrogens (primary N) is 2. The van der Waals surface area contributed by atoms with Crippen LogP contribution in [0.2, 0.25) is 0 Å². The summed E-state index contributed by atoms with van der Waals surface area (Å²) in [6.07, 6.45) is 19.9. The first-order valence-electron chi connectivity index (χ1n) is 17.0. The van der Waals surface area contributed by atoms with E-state index in [1.165, 1.54) is 69.1 Å². The minimum absolute atomic E-state index is 0.218. The van der Waals surface area contributed by atoms with E-state index >= 15 is 0 Å². The Morgan fingerprint density at radius 1 is 0.717 bits per heavy atom. The van der Waals surface area contributed by atoms with Crippen molar-refractivity contribution in [2.24, 2.45) is 0 Å². The third-order valence-corrected chi connectivity index (χ3v) is 8.13. The maximum absolute atomic E-state index is 12.2. The molecule has 0 aromatic heterocycles. The third kappa shape index (κ3) is 13.8. The average Bonchev–Trinajstić information content (AvgIpc) is 3.04. The molecule has 0 aliphatic rings. The van der Waals surface area contributed by atoms with Crippen LogP contribution in [0.3, 0.4) is 0 Å². The number of aromatic carboxylic acids is 1. The lowest BCUT2D eigenvalue weighted by Crippen LogP contribution is -2.07. The number of benzene rings is 3. The van der Waals surface area contributed by atoms with E-state index < -0.39 is 11.9 Å². The van der Waals surface area contributed by atoms with E-state index in [1.54, 1.807) is 12.1 Å². The second-order valence-electron chi connectivity index (χ2n) is 12.0. The molecule has 0 bridgehead atoms. The number of unbranched alkanes of at least 4 members (excludes halogenated alkanes) is 11. The fourth-order valence-electron chi connectivity index (χ4n) is 5.49. The predicted octanol–water partition coefficient (Wildman–Crippen LogP) is 9.42. The average molecular weight is 629 g/mol. The number of carbonyl (C=O) groups excluding carboxylic acids is 1. The summed E-state index contributed by atoms with van der Waals surface area (Å²) in [6.45, 7) is 2.90. The van der Waals surface area contributed by atoms with Crippen molar-refractivity contribution in [1.29, 1.82) is 0 Å². The largest absolute Gasteiger partial charge is 0.494 e. The highest BCUT2D eigenvalue weighted by molar-refractivity contribution is 5.92. The highest BCUT2D eigenvalue weighted by Gasteiger charge is 2.14. The van der Waals surface area contributed by atoms with Gasteiger partial charge in [0.1, 0.15) is 11.5 Å². The van der Waals surface area contributed by atoms with Crippen LogP contribution < -0.4 is 20.9 Å². The predicted molar refractivity (Wildman–Crippen MR) is 188 cm³/mol. The van der Waals surface area contributed by atoms with E-state index in [1.807, 2.05) is 48.5 Å². The second kappa shape index (κ2) is 20.7. The van der Waals surface area contributed by atoms with Crippen LogP contribution >= 0.6 is 0 Å². The lowest BCUT2D eigenvalue weighted by Gasteiger charge is -2.11. The Morgan fingerprint density at radius 3 is 1.96 bits per heavy atom. The van der Waals surface area contributed by atoms with Crippen molar-refractivity contribution in [1.82, 2.24) is 0 Å². The lowest BCUT2D eigenvalue weighted by molar-refractivity contribution is -0.128. The lowest BCUT2D eigenvalue weighted by atomic mass is 9.98. The van der Waals surface area contributed by atoms with E-state index in [4.69, 9.17) is 20.9 Å². The highest BCUT2D eigenvalue weighted by Crippen LogP contribution is 2.24. The summed E-state index contributed by atoms with van der Waals surface area (Å²) in [5.41, 5.74) is 15.7. The number of carbonyl (C=O) groups is 2. The van der Waals surface area contributed by atoms with Gasteiger partial charge in [0.15, 0.2) is 0 Å². The molecule has 0 spiro atoms. The first-order valence-corrected chi connectivity index (χ1v) is 17.0. The zero-order valence-electron chi connectivity index (χ0n) is 27.5. The molecule has 0 saturated carbocycles. The summed E-state index contributed by atoms with van der Waals surface area (Å²) >= 11 is 0. The Balaban J connectivity index is 1.20. The summed E-state index contributed by atoms with van der Waals surface area (Å²) in [5.74, 6) is 0.00596. The first kappa shape index (κ1) is 36.2. The van der Waals surface area contributed by atoms with Crippen molar-refractivity contribution in [2.45, 2.75) is 103 Å². The molecule has 0 heterocycles. The van der Waals surface area contributed by atoms with Gasteiger partial charge in [0.25, 0.3) is 0 Å². The molecule has 0 saturated heterocycles. The van der Waals surface area contributed by atoms with Gasteiger partial charge < -0.3 is 26.0 Å². The van der Waals surface area contributed by atoms with Crippen molar-refractivity contribution in [3.05, 3.63) is 89.0 Å². The topological polar surface area (TPSA) is 125 Å². The van der Waals surface area contributed by atoms with Crippen LogP contribution in [0.4, 0.5) is 11.4 Å². The van der Waals surface area contributed by atoms with Gasteiger partial charge in [-0.25, -0.2) is 9.59 Å². The molecule has 5 N–H and O–H groups in total. The van der Waals surface area contributed by atoms with Crippen LogP contribution in [0.25, 0.3) is 6.08 Å². The van der Waals surface area contributed by atoms with E-state index in [2.05, 4.69) is 6.92 Å². The molecule has 7 nitrogen and oxygen atoms in total. The monoisotopic (exact) mass is 628 g/mol. The van der Waals surface area contributed by atoms with E-state index in [-0.39, 0.29) is 5.56 Å². The van der Waals surface area contributed by atoms with Gasteiger partial charge in [0.05, 0.1) is 12.2 Å². The van der Waals surface area contributed by atoms with Crippen LogP contribution in [0, 0.1) is 0 Å². The number of esters is 1. The molecular weight excluding hydrogens is 576 g/mol. The van der Waals surface area contributed by atoms with E-state index in [9.17, 15) is 14.7 Å². The van der Waals surface area contributed by atoms with Gasteiger partial charge in [-0.1, -0.05) is 95.4 Å². The van der Waals surface area contributed by atoms with E-state index in [0.717, 1.165) is 49.8 Å². The Labute approximate surface area is 275 Å². The number of aryl methyl sites for hydroxylation is 1. The summed E-state index contributed by atoms with van der Waals surface area (Å²) in [5, 5.41) is 9.42. The van der Waals surface area contributed by atoms with E-state index in [0.29, 0.717) is 35.7 Å². The number of anilines is 2. The summed E-state index contributed by atoms with van der Waals surface area (Å²) < 4.78 is 11.3. The summed E-state index contributed by atoms with van der Waals surface area (Å²) in [7, 11) is 0. The Morgan fingerprint density at radius 2 is 1.30 bits per heavy atom. The molecule has 0 aliphatic carbocycles. The normalized spacial score (nSPS) is 11.2. The highest BCUT2D eigenvalue weighted by atomic mass is 16.5. The van der Waals surface area contributed by atoms with Crippen molar-refractivity contribution >= 4 is 29.4 Å². The minimum Gasteiger partial charge on any atom is -0.494 e. The van der Waals surface area contributed by atoms with Crippen molar-refractivity contribution in [2.75, 3.05) is 18.1 Å². The van der Waals surface area contributed by atoms with Crippen molar-refractivity contribution in [3.8, 4) is 11.5 Å². The Kier molecular flexibility index (Phi) is 16.3. The maximum Gasteiger partial charge on any atom is 0.336 e. The molecule has 248 valence electrons. The van der Waals surface area contributed by atoms with Crippen LogP contribution in [0.5, 0.6) is 11.5 Å². The number of carboxylic acids is 1. The van der Waals surface area contributed by atoms with Gasteiger partial charge in [0, 0.05) is 17.5 Å². The fraction of sp³-hybridized carbons (Fsp3) is 0.436. The molecule has 7 heteroatoms. The van der Waals surface area contributed by atoms with Gasteiger partial charge in [-0.05, 0) is 91.3 Å². The quantitative estimate of drug-likeness (QED) is 0.0333. The fourth-order valence-corrected chi connectivity index (χ4v) is 5.49. The van der Waals surface area contributed by atoms with Crippen LogP contribution in [-0.4, -0.2) is 23.7 Å². The first-order chi connectivity index (χ1) is 22.4. The molecule has 0 atom stereocenters. The van der Waals surface area contributed by atoms with Crippen LogP contribution in [0.15, 0.2) is 66.7 Å². The molecule has 3 rings (SSSR count). The summed E-state index contributed by atoms with van der Waals surface area (Å²) in [4.78, 5) is 23.7. The van der Waals surface area contributed by atoms with Gasteiger partial charge >= 0.3 is 11.9 Å². The van der Waals surface area contributed by atoms with Crippen LogP contribution in [-0.2, 0) is 17.6 Å². The Bertz CT molecular complexity index is 1370. The maximum atomic E-state index is 12.2. The second-order valence-corrected chi connectivity index (χ2v) is 12.0. The molecule has 46 heavy (non-hydrogen) atoms. The Hall–Kier alpha value is -4.26. The zero-order chi connectivity index (χ0) is 33.0. The van der Waals surface area contributed by atoms with Gasteiger partial charge in [0.2, 0.25) is 0 Å². The smallest absolute Gasteiger partial charge is 0.336 e. The van der Waals surface area contributed by atoms with Gasteiger partial charge in [-0.15, -0.1) is 0 Å². The number of rotatable bonds is 22. The number of hydrogen-bond donors (Lipinski definition) is 3. The van der Waals surface area contributed by atoms with Gasteiger partial charge in [-0.3, -0.25) is 0 Å². The molecule has 0 aliphatic heterocycles. The number of ether oxygens (including phenoxy) is 2. The van der Waals surface area contributed by atoms with Gasteiger partial charge in [-0.2, -0.15) is 0 Å². The number of nitrogen functional groups attached to an aromatic ring is 2. The third-order valence-electron chi connectivity index (χ3n) is 8.13. The SMILES string of the molecule is CCCCCCc1ccc(OC(=O)/C=C/c2ccc(OCCCCCCCCCCCc3c(N)cc(N)cc3C(=O)O)cc2)cc1. The zero-order valence-corrected chi connectivity index (χ0v) is 27.5. The molecule has 3 aromatic carbocycles. The van der Waals surface area contributed by atoms with Crippen molar-refractivity contribution < 1.29 is 24.2 Å². The standard InChI is InChI=1S/C39H52N2O5/c1-2-3-4-12-15-30-19-24-34(25-20-30)46-38(42)26-21-31-17-22-33(23-18-31)45-27-14-11-9-7-5-6-8-10-13-16-35-36(39(43)44)28-32(40)29-37(35)41/h17-26,28-29H,2-16,27,40-41H2,1H3,(H,43,44)/b26-21+. The molecule has 0 radical (unpaired) electrons. The van der Waals surface area contributed by atoms with Crippen molar-refractivity contribution in [3.63, 3.8) is 0 Å². The number of carboxylic acid groups (broad SMARTS) is 1.